The molecule has 0 rings (SSSR count). The van der Waals surface area contributed by atoms with E-state index in [1.807, 2.05) is 6.92 Å². The molecule has 0 aliphatic carbocycles. The summed E-state index contributed by atoms with van der Waals surface area (Å²) in [7, 11) is 0. The lowest BCUT2D eigenvalue weighted by atomic mass is 9.96. The van der Waals surface area contributed by atoms with Crippen LogP contribution in [0.1, 0.15) is 52.4 Å². The molecule has 0 saturated carbocycles. The predicted octanol–water partition coefficient (Wildman–Crippen LogP) is 2.61. The van der Waals surface area contributed by atoms with E-state index in [2.05, 4.69) is 0 Å². The van der Waals surface area contributed by atoms with Crippen LogP contribution >= 0.6 is 0 Å². The molecule has 0 amide bonds. The molecule has 1 N–H and O–H groups in total. The minimum atomic E-state index is -0.752. The fourth-order valence-electron chi connectivity index (χ4n) is 1.57. The Morgan fingerprint density at radius 3 is 2.31 bits per heavy atom. The Morgan fingerprint density at radius 2 is 1.81 bits per heavy atom. The Balaban J connectivity index is 3.75. The van der Waals surface area contributed by atoms with Crippen molar-refractivity contribution >= 4 is 11.9 Å². The van der Waals surface area contributed by atoms with Crippen LogP contribution in [0.2, 0.25) is 0 Å². The first-order chi connectivity index (χ1) is 7.61. The summed E-state index contributed by atoms with van der Waals surface area (Å²) in [4.78, 5) is 21.9. The maximum atomic E-state index is 11.0. The first-order valence-corrected chi connectivity index (χ1v) is 6.00. The molecule has 1 unspecified atom stereocenters. The van der Waals surface area contributed by atoms with Gasteiger partial charge in [0, 0.05) is 6.42 Å². The average molecular weight is 230 g/mol. The van der Waals surface area contributed by atoms with Gasteiger partial charge in [0.25, 0.3) is 0 Å². The molecule has 94 valence electrons. The van der Waals surface area contributed by atoms with Crippen molar-refractivity contribution in [3.8, 4) is 0 Å². The van der Waals surface area contributed by atoms with E-state index in [0.717, 1.165) is 12.8 Å². The van der Waals surface area contributed by atoms with Gasteiger partial charge >= 0.3 is 11.9 Å². The van der Waals surface area contributed by atoms with Crippen LogP contribution in [-0.4, -0.2) is 23.7 Å². The molecule has 0 spiro atoms. The molecule has 4 heteroatoms. The summed E-state index contributed by atoms with van der Waals surface area (Å²) >= 11 is 0. The van der Waals surface area contributed by atoms with Crippen LogP contribution < -0.4 is 0 Å². The van der Waals surface area contributed by atoms with Gasteiger partial charge in [-0.05, 0) is 26.2 Å². The first kappa shape index (κ1) is 14.9. The van der Waals surface area contributed by atoms with Crippen molar-refractivity contribution < 1.29 is 19.4 Å². The summed E-state index contributed by atoms with van der Waals surface area (Å²) in [6.45, 7) is 4.19. The molecule has 0 aliphatic heterocycles. The summed E-state index contributed by atoms with van der Waals surface area (Å²) in [6, 6.07) is 0. The Kier molecular flexibility index (Phi) is 8.58. The zero-order valence-electron chi connectivity index (χ0n) is 10.2. The third-order valence-corrected chi connectivity index (χ3v) is 2.49. The van der Waals surface area contributed by atoms with Gasteiger partial charge < -0.3 is 9.84 Å². The average Bonchev–Trinajstić information content (AvgIpc) is 2.23. The summed E-state index contributed by atoms with van der Waals surface area (Å²) in [5.41, 5.74) is 0. The van der Waals surface area contributed by atoms with Crippen LogP contribution in [0.3, 0.4) is 0 Å². The van der Waals surface area contributed by atoms with Crippen LogP contribution in [-0.2, 0) is 14.3 Å². The van der Waals surface area contributed by atoms with Crippen molar-refractivity contribution in [3.05, 3.63) is 0 Å². The fraction of sp³-hybridized carbons (Fsp3) is 0.833. The quantitative estimate of drug-likeness (QED) is 0.618. The Hall–Kier alpha value is -1.06. The zero-order valence-corrected chi connectivity index (χ0v) is 10.2. The zero-order chi connectivity index (χ0) is 12.4. The van der Waals surface area contributed by atoms with Gasteiger partial charge in [0.15, 0.2) is 0 Å². The molecule has 0 fully saturated rings. The number of ether oxygens (including phenoxy) is 1. The van der Waals surface area contributed by atoms with Gasteiger partial charge in [-0.2, -0.15) is 0 Å². The number of hydrogen-bond donors (Lipinski definition) is 1. The maximum Gasteiger partial charge on any atom is 0.306 e. The van der Waals surface area contributed by atoms with Crippen molar-refractivity contribution in [2.24, 2.45) is 5.92 Å². The lowest BCUT2D eigenvalue weighted by Crippen LogP contribution is -2.14. The van der Waals surface area contributed by atoms with Gasteiger partial charge in [0.2, 0.25) is 0 Å². The van der Waals surface area contributed by atoms with E-state index in [9.17, 15) is 9.59 Å². The van der Waals surface area contributed by atoms with Crippen LogP contribution in [0.5, 0.6) is 0 Å². The van der Waals surface area contributed by atoms with Gasteiger partial charge in [0.1, 0.15) is 0 Å². The van der Waals surface area contributed by atoms with Crippen LogP contribution in [0.25, 0.3) is 0 Å². The predicted molar refractivity (Wildman–Crippen MR) is 61.1 cm³/mol. The van der Waals surface area contributed by atoms with E-state index < -0.39 is 5.97 Å². The molecular formula is C12H22O4. The number of carboxylic acids is 1. The number of rotatable bonds is 9. The highest BCUT2D eigenvalue weighted by atomic mass is 16.5. The fourth-order valence-corrected chi connectivity index (χ4v) is 1.57. The lowest BCUT2D eigenvalue weighted by Gasteiger charge is -2.10. The van der Waals surface area contributed by atoms with Crippen molar-refractivity contribution in [2.45, 2.75) is 52.4 Å². The van der Waals surface area contributed by atoms with Crippen molar-refractivity contribution in [3.63, 3.8) is 0 Å². The number of unbranched alkanes of at least 4 members (excludes halogenated alkanes) is 1. The highest BCUT2D eigenvalue weighted by molar-refractivity contribution is 5.71. The molecule has 0 heterocycles. The highest BCUT2D eigenvalue weighted by Gasteiger charge is 2.16. The maximum absolute atomic E-state index is 11.0. The smallest absolute Gasteiger partial charge is 0.306 e. The molecule has 0 bridgehead atoms. The van der Waals surface area contributed by atoms with Crippen LogP contribution in [0.4, 0.5) is 0 Å². The van der Waals surface area contributed by atoms with E-state index in [1.165, 1.54) is 0 Å². The number of hydrogen-bond acceptors (Lipinski definition) is 3. The number of carboxylic acid groups (broad SMARTS) is 1. The van der Waals surface area contributed by atoms with Crippen LogP contribution in [0.15, 0.2) is 0 Å². The van der Waals surface area contributed by atoms with Crippen molar-refractivity contribution in [2.75, 3.05) is 6.61 Å². The number of carbonyl (C=O) groups is 2. The molecule has 0 aromatic carbocycles. The van der Waals surface area contributed by atoms with Gasteiger partial charge in [0.05, 0.1) is 12.5 Å². The molecule has 0 radical (unpaired) electrons. The molecule has 0 saturated heterocycles. The molecule has 0 aromatic heterocycles. The Bertz CT molecular complexity index is 213. The molecular weight excluding hydrogens is 208 g/mol. The van der Waals surface area contributed by atoms with Crippen LogP contribution in [0, 0.1) is 5.92 Å². The first-order valence-electron chi connectivity index (χ1n) is 6.00. The SMILES string of the molecule is CCCCC(CCCC(=O)OCC)C(=O)O. The number of aliphatic carboxylic acids is 1. The van der Waals surface area contributed by atoms with E-state index >= 15 is 0 Å². The minimum Gasteiger partial charge on any atom is -0.481 e. The third kappa shape index (κ3) is 7.26. The van der Waals surface area contributed by atoms with E-state index in [1.54, 1.807) is 6.92 Å². The number of carbonyl (C=O) groups excluding carboxylic acids is 1. The largest absolute Gasteiger partial charge is 0.481 e. The van der Waals surface area contributed by atoms with E-state index in [0.29, 0.717) is 32.3 Å². The third-order valence-electron chi connectivity index (χ3n) is 2.49. The highest BCUT2D eigenvalue weighted by Crippen LogP contribution is 2.16. The van der Waals surface area contributed by atoms with Crippen molar-refractivity contribution in [1.29, 1.82) is 0 Å². The van der Waals surface area contributed by atoms with E-state index in [4.69, 9.17) is 9.84 Å². The number of esters is 1. The molecule has 0 aromatic rings. The Morgan fingerprint density at radius 1 is 1.19 bits per heavy atom. The normalized spacial score (nSPS) is 12.1. The van der Waals surface area contributed by atoms with Gasteiger partial charge in [-0.25, -0.2) is 0 Å². The topological polar surface area (TPSA) is 63.6 Å². The molecule has 1 atom stereocenters. The second kappa shape index (κ2) is 9.19. The molecule has 16 heavy (non-hydrogen) atoms. The van der Waals surface area contributed by atoms with Gasteiger partial charge in [-0.1, -0.05) is 19.8 Å². The van der Waals surface area contributed by atoms with Crippen molar-refractivity contribution in [1.82, 2.24) is 0 Å². The summed E-state index contributed by atoms with van der Waals surface area (Å²) < 4.78 is 4.78. The Labute approximate surface area is 97.0 Å². The second-order valence-corrected chi connectivity index (χ2v) is 3.87. The standard InChI is InChI=1S/C12H22O4/c1-3-5-7-10(12(14)15)8-6-9-11(13)16-4-2/h10H,3-9H2,1-2H3,(H,14,15). The molecule has 0 aliphatic rings. The second-order valence-electron chi connectivity index (χ2n) is 3.87. The monoisotopic (exact) mass is 230 g/mol. The minimum absolute atomic E-state index is 0.234. The molecule has 4 nitrogen and oxygen atoms in total. The lowest BCUT2D eigenvalue weighted by molar-refractivity contribution is -0.145. The van der Waals surface area contributed by atoms with E-state index in [-0.39, 0.29) is 11.9 Å². The summed E-state index contributed by atoms with van der Waals surface area (Å²) in [5.74, 6) is -1.30. The van der Waals surface area contributed by atoms with Gasteiger partial charge in [-0.15, -0.1) is 0 Å². The van der Waals surface area contributed by atoms with Gasteiger partial charge in [-0.3, -0.25) is 9.59 Å². The summed E-state index contributed by atoms with van der Waals surface area (Å²) in [6.07, 6.45) is 4.12. The summed E-state index contributed by atoms with van der Waals surface area (Å²) in [5, 5.41) is 8.95.